The SMILES string of the molecule is O=S(=O)(c1ccccc1)c1cc(C(F)(F)F)cc(C(F)(F)F)c1. The molecule has 2 rings (SSSR count). The summed E-state index contributed by atoms with van der Waals surface area (Å²) in [5.41, 5.74) is -3.36. The number of alkyl halides is 6. The molecule has 0 fully saturated rings. The van der Waals surface area contributed by atoms with Crippen molar-refractivity contribution in [2.45, 2.75) is 22.1 Å². The van der Waals surface area contributed by atoms with Gasteiger partial charge in [-0.25, -0.2) is 8.42 Å². The first-order valence-electron chi connectivity index (χ1n) is 6.02. The molecule has 0 radical (unpaired) electrons. The Labute approximate surface area is 127 Å². The Balaban J connectivity index is 2.72. The lowest BCUT2D eigenvalue weighted by atomic mass is 10.1. The molecular formula is C14H8F6O2S. The van der Waals surface area contributed by atoms with E-state index in [0.717, 1.165) is 12.1 Å². The Morgan fingerprint density at radius 3 is 1.48 bits per heavy atom. The fourth-order valence-corrected chi connectivity index (χ4v) is 3.17. The predicted molar refractivity (Wildman–Crippen MR) is 68.3 cm³/mol. The Morgan fingerprint density at radius 2 is 1.09 bits per heavy atom. The monoisotopic (exact) mass is 354 g/mol. The van der Waals surface area contributed by atoms with Crippen LogP contribution in [0.4, 0.5) is 26.3 Å². The third-order valence-corrected chi connectivity index (χ3v) is 4.67. The van der Waals surface area contributed by atoms with E-state index < -0.39 is 43.1 Å². The second-order valence-corrected chi connectivity index (χ2v) is 6.51. The van der Waals surface area contributed by atoms with Crippen LogP contribution in [0.15, 0.2) is 58.3 Å². The van der Waals surface area contributed by atoms with Crippen molar-refractivity contribution in [1.29, 1.82) is 0 Å². The molecule has 23 heavy (non-hydrogen) atoms. The molecule has 2 aromatic rings. The van der Waals surface area contributed by atoms with Crippen LogP contribution in [0.2, 0.25) is 0 Å². The summed E-state index contributed by atoms with van der Waals surface area (Å²) in [4.78, 5) is -1.46. The van der Waals surface area contributed by atoms with Gasteiger partial charge in [0, 0.05) is 0 Å². The Bertz CT molecular complexity index is 775. The number of rotatable bonds is 2. The van der Waals surface area contributed by atoms with Crippen molar-refractivity contribution in [3.8, 4) is 0 Å². The number of benzene rings is 2. The molecule has 0 spiro atoms. The van der Waals surface area contributed by atoms with Crippen LogP contribution >= 0.6 is 0 Å². The number of halogens is 6. The molecule has 2 aromatic carbocycles. The highest BCUT2D eigenvalue weighted by molar-refractivity contribution is 7.91. The lowest BCUT2D eigenvalue weighted by molar-refractivity contribution is -0.143. The van der Waals surface area contributed by atoms with Gasteiger partial charge in [-0.05, 0) is 30.3 Å². The quantitative estimate of drug-likeness (QED) is 0.741. The summed E-state index contributed by atoms with van der Waals surface area (Å²) in [5, 5.41) is 0. The van der Waals surface area contributed by atoms with Gasteiger partial charge in [-0.3, -0.25) is 0 Å². The molecular weight excluding hydrogens is 346 g/mol. The summed E-state index contributed by atoms with van der Waals surface area (Å²) < 4.78 is 101. The van der Waals surface area contributed by atoms with Gasteiger partial charge in [-0.15, -0.1) is 0 Å². The molecule has 0 heterocycles. The fraction of sp³-hybridized carbons (Fsp3) is 0.143. The van der Waals surface area contributed by atoms with E-state index in [1.807, 2.05) is 0 Å². The summed E-state index contributed by atoms with van der Waals surface area (Å²) in [6, 6.07) is 6.52. The average Bonchev–Trinajstić information content (AvgIpc) is 2.46. The summed E-state index contributed by atoms with van der Waals surface area (Å²) in [7, 11) is -4.50. The minimum atomic E-state index is -5.11. The van der Waals surface area contributed by atoms with Crippen molar-refractivity contribution in [2.24, 2.45) is 0 Å². The molecule has 124 valence electrons. The number of hydrogen-bond donors (Lipinski definition) is 0. The molecule has 0 N–H and O–H groups in total. The first kappa shape index (κ1) is 17.3. The van der Waals surface area contributed by atoms with Crippen LogP contribution in [0.5, 0.6) is 0 Å². The summed E-state index contributed by atoms with van der Waals surface area (Å²) in [6.07, 6.45) is -10.2. The van der Waals surface area contributed by atoms with E-state index in [9.17, 15) is 34.8 Å². The summed E-state index contributed by atoms with van der Waals surface area (Å²) in [5.74, 6) is 0. The van der Waals surface area contributed by atoms with Gasteiger partial charge >= 0.3 is 12.4 Å². The van der Waals surface area contributed by atoms with Crippen molar-refractivity contribution in [3.63, 3.8) is 0 Å². The van der Waals surface area contributed by atoms with Gasteiger partial charge in [0.05, 0.1) is 20.9 Å². The standard InChI is InChI=1S/C14H8F6O2S/c15-13(16,17)9-6-10(14(18,19)20)8-12(7-9)23(21,22)11-4-2-1-3-5-11/h1-8H. The van der Waals surface area contributed by atoms with Gasteiger partial charge in [0.15, 0.2) is 0 Å². The third kappa shape index (κ3) is 3.66. The Hall–Kier alpha value is -2.03. The van der Waals surface area contributed by atoms with Crippen LogP contribution in [0.25, 0.3) is 0 Å². The highest BCUT2D eigenvalue weighted by Crippen LogP contribution is 2.38. The maximum Gasteiger partial charge on any atom is 0.416 e. The van der Waals surface area contributed by atoms with E-state index in [0.29, 0.717) is 0 Å². The third-order valence-electron chi connectivity index (χ3n) is 2.92. The highest BCUT2D eigenvalue weighted by Gasteiger charge is 2.38. The topological polar surface area (TPSA) is 34.1 Å². The average molecular weight is 354 g/mol. The van der Waals surface area contributed by atoms with Gasteiger partial charge in [0.2, 0.25) is 9.84 Å². The zero-order chi connectivity index (χ0) is 17.5. The van der Waals surface area contributed by atoms with Crippen LogP contribution in [0.3, 0.4) is 0 Å². The molecule has 0 saturated carbocycles. The lowest BCUT2D eigenvalue weighted by Gasteiger charge is -2.14. The van der Waals surface area contributed by atoms with E-state index in [1.54, 1.807) is 0 Å². The minimum Gasteiger partial charge on any atom is -0.219 e. The second kappa shape index (κ2) is 5.55. The maximum absolute atomic E-state index is 12.8. The van der Waals surface area contributed by atoms with Crippen LogP contribution < -0.4 is 0 Å². The van der Waals surface area contributed by atoms with Gasteiger partial charge in [-0.2, -0.15) is 26.3 Å². The Morgan fingerprint density at radius 1 is 0.652 bits per heavy atom. The van der Waals surface area contributed by atoms with Crippen LogP contribution in [-0.4, -0.2) is 8.42 Å². The molecule has 2 nitrogen and oxygen atoms in total. The van der Waals surface area contributed by atoms with E-state index in [-0.39, 0.29) is 18.2 Å². The summed E-state index contributed by atoms with van der Waals surface area (Å²) in [6.45, 7) is 0. The lowest BCUT2D eigenvalue weighted by Crippen LogP contribution is -2.13. The number of hydrogen-bond acceptors (Lipinski definition) is 2. The van der Waals surface area contributed by atoms with Crippen molar-refractivity contribution in [3.05, 3.63) is 59.7 Å². The maximum atomic E-state index is 12.8. The molecule has 0 aromatic heterocycles. The van der Waals surface area contributed by atoms with Gasteiger partial charge in [-0.1, -0.05) is 18.2 Å². The summed E-state index contributed by atoms with van der Waals surface area (Å²) >= 11 is 0. The van der Waals surface area contributed by atoms with E-state index >= 15 is 0 Å². The highest BCUT2D eigenvalue weighted by atomic mass is 32.2. The first-order valence-corrected chi connectivity index (χ1v) is 7.50. The van der Waals surface area contributed by atoms with Crippen LogP contribution in [0, 0.1) is 0 Å². The predicted octanol–water partition coefficient (Wildman–Crippen LogP) is 4.56. The van der Waals surface area contributed by atoms with Crippen molar-refractivity contribution in [1.82, 2.24) is 0 Å². The Kier molecular flexibility index (Phi) is 4.18. The van der Waals surface area contributed by atoms with Gasteiger partial charge in [0.1, 0.15) is 0 Å². The molecule has 9 heteroatoms. The van der Waals surface area contributed by atoms with Gasteiger partial charge in [0.25, 0.3) is 0 Å². The number of sulfone groups is 1. The van der Waals surface area contributed by atoms with Crippen molar-refractivity contribution >= 4 is 9.84 Å². The molecule has 0 aliphatic rings. The van der Waals surface area contributed by atoms with E-state index in [4.69, 9.17) is 0 Å². The minimum absolute atomic E-state index is 0.121. The molecule has 0 bridgehead atoms. The van der Waals surface area contributed by atoms with E-state index in [1.165, 1.54) is 18.2 Å². The zero-order valence-electron chi connectivity index (χ0n) is 11.1. The smallest absolute Gasteiger partial charge is 0.219 e. The normalized spacial score (nSPS) is 13.1. The van der Waals surface area contributed by atoms with Crippen molar-refractivity contribution < 1.29 is 34.8 Å². The fourth-order valence-electron chi connectivity index (χ4n) is 1.82. The molecule has 0 aliphatic heterocycles. The van der Waals surface area contributed by atoms with Crippen molar-refractivity contribution in [2.75, 3.05) is 0 Å². The zero-order valence-corrected chi connectivity index (χ0v) is 11.9. The molecule has 0 aliphatic carbocycles. The largest absolute Gasteiger partial charge is 0.416 e. The second-order valence-electron chi connectivity index (χ2n) is 4.56. The molecule has 0 atom stereocenters. The van der Waals surface area contributed by atoms with Crippen LogP contribution in [-0.2, 0) is 22.2 Å². The van der Waals surface area contributed by atoms with Gasteiger partial charge < -0.3 is 0 Å². The van der Waals surface area contributed by atoms with E-state index in [2.05, 4.69) is 0 Å². The molecule has 0 saturated heterocycles. The molecule has 0 amide bonds. The molecule has 0 unspecified atom stereocenters. The first-order chi connectivity index (χ1) is 10.4. The van der Waals surface area contributed by atoms with Crippen LogP contribution in [0.1, 0.15) is 11.1 Å².